The number of imidazole rings is 1. The lowest BCUT2D eigenvalue weighted by Gasteiger charge is -2.12. The van der Waals surface area contributed by atoms with Gasteiger partial charge in [-0.15, -0.1) is 0 Å². The number of nitrogens with one attached hydrogen (secondary N) is 1. The van der Waals surface area contributed by atoms with Crippen molar-refractivity contribution in [1.29, 1.82) is 0 Å². The van der Waals surface area contributed by atoms with Crippen LogP contribution in [0.2, 0.25) is 0 Å². The number of rotatable bonds is 5. The largest absolute Gasteiger partial charge is 0.368 e. The first-order valence-electron chi connectivity index (χ1n) is 7.94. The third-order valence-corrected chi connectivity index (χ3v) is 3.79. The van der Waals surface area contributed by atoms with Gasteiger partial charge in [0.05, 0.1) is 11.3 Å². The minimum Gasteiger partial charge on any atom is -0.368 e. The van der Waals surface area contributed by atoms with Gasteiger partial charge >= 0.3 is 0 Å². The van der Waals surface area contributed by atoms with E-state index in [0.717, 1.165) is 52.8 Å². The zero-order valence-corrected chi connectivity index (χ0v) is 14.2. The molecule has 0 aromatic carbocycles. The summed E-state index contributed by atoms with van der Waals surface area (Å²) >= 11 is 0. The minimum atomic E-state index is 0.206. The zero-order valence-electron chi connectivity index (χ0n) is 14.2. The number of nitrogens with zero attached hydrogens (tertiary/aromatic N) is 5. The number of fused-ring (bicyclic) bond motifs is 1. The van der Waals surface area contributed by atoms with E-state index in [1.807, 2.05) is 13.8 Å². The molecular weight excluding hydrogens is 292 g/mol. The van der Waals surface area contributed by atoms with Gasteiger partial charge in [0, 0.05) is 12.6 Å². The second kappa shape index (κ2) is 5.98. The summed E-state index contributed by atoms with van der Waals surface area (Å²) in [7, 11) is 0. The van der Waals surface area contributed by atoms with Crippen molar-refractivity contribution in [2.45, 2.75) is 47.1 Å². The Labute approximate surface area is 135 Å². The molecule has 0 atom stereocenters. The highest BCUT2D eigenvalue weighted by molar-refractivity contribution is 5.87. The molecule has 0 amide bonds. The maximum atomic E-state index is 5.32. The molecule has 122 valence electrons. The van der Waals surface area contributed by atoms with Crippen molar-refractivity contribution < 1.29 is 4.52 Å². The van der Waals surface area contributed by atoms with Crippen LogP contribution in [0.5, 0.6) is 0 Å². The van der Waals surface area contributed by atoms with Crippen molar-refractivity contribution in [3.63, 3.8) is 0 Å². The number of aryl methyl sites for hydroxylation is 2. The average molecular weight is 314 g/mol. The lowest BCUT2D eigenvalue weighted by Crippen LogP contribution is -2.06. The van der Waals surface area contributed by atoms with Crippen LogP contribution in [-0.4, -0.2) is 31.2 Å². The molecule has 0 spiro atoms. The number of anilines is 1. The lowest BCUT2D eigenvalue weighted by molar-refractivity contribution is 0.393. The quantitative estimate of drug-likeness (QED) is 0.776. The Hall–Kier alpha value is -2.44. The van der Waals surface area contributed by atoms with Crippen LogP contribution in [0.15, 0.2) is 10.9 Å². The van der Waals surface area contributed by atoms with Crippen molar-refractivity contribution in [2.24, 2.45) is 0 Å². The summed E-state index contributed by atoms with van der Waals surface area (Å²) in [5.74, 6) is 2.35. The van der Waals surface area contributed by atoms with Crippen LogP contribution in [0.25, 0.3) is 22.6 Å². The van der Waals surface area contributed by atoms with Crippen LogP contribution < -0.4 is 5.32 Å². The Morgan fingerprint density at radius 3 is 2.65 bits per heavy atom. The molecule has 3 aromatic heterocycles. The molecule has 0 radical (unpaired) electrons. The standard InChI is InChI=1S/C16H22N6O/c1-6-7-17-14-13-16(19-8-18-14)22(9(2)3)15(20-13)12-10(4)21-23-11(12)5/h8-9H,6-7H2,1-5H3,(H,17,18,19). The SMILES string of the molecule is CCCNc1ncnc2c1nc(-c1c(C)noc1C)n2C(C)C. The Morgan fingerprint density at radius 1 is 1.26 bits per heavy atom. The van der Waals surface area contributed by atoms with Crippen LogP contribution in [0.4, 0.5) is 5.82 Å². The fourth-order valence-corrected chi connectivity index (χ4v) is 2.75. The molecule has 0 aliphatic rings. The van der Waals surface area contributed by atoms with E-state index in [2.05, 4.69) is 45.8 Å². The highest BCUT2D eigenvalue weighted by Gasteiger charge is 2.23. The summed E-state index contributed by atoms with van der Waals surface area (Å²) in [6, 6.07) is 0.206. The summed E-state index contributed by atoms with van der Waals surface area (Å²) in [6.07, 6.45) is 2.60. The second-order valence-corrected chi connectivity index (χ2v) is 5.92. The zero-order chi connectivity index (χ0) is 16.6. The van der Waals surface area contributed by atoms with Gasteiger partial charge in [0.25, 0.3) is 0 Å². The minimum absolute atomic E-state index is 0.206. The summed E-state index contributed by atoms with van der Waals surface area (Å²) in [5, 5.41) is 7.38. The van der Waals surface area contributed by atoms with Crippen molar-refractivity contribution in [3.05, 3.63) is 17.8 Å². The molecule has 0 saturated carbocycles. The summed E-state index contributed by atoms with van der Waals surface area (Å²) in [5.41, 5.74) is 3.36. The van der Waals surface area contributed by atoms with Gasteiger partial charge in [0.15, 0.2) is 17.0 Å². The molecule has 3 aromatic rings. The molecule has 7 nitrogen and oxygen atoms in total. The van der Waals surface area contributed by atoms with Crippen molar-refractivity contribution >= 4 is 17.0 Å². The molecule has 0 aliphatic carbocycles. The number of hydrogen-bond donors (Lipinski definition) is 1. The lowest BCUT2D eigenvalue weighted by atomic mass is 10.2. The Kier molecular flexibility index (Phi) is 4.02. The van der Waals surface area contributed by atoms with Gasteiger partial charge in [0.2, 0.25) is 0 Å². The highest BCUT2D eigenvalue weighted by Crippen LogP contribution is 2.33. The van der Waals surface area contributed by atoms with Crippen LogP contribution >= 0.6 is 0 Å². The first-order chi connectivity index (χ1) is 11.0. The predicted octanol–water partition coefficient (Wildman–Crippen LogP) is 3.50. The molecule has 0 saturated heterocycles. The first kappa shape index (κ1) is 15.5. The third kappa shape index (κ3) is 2.56. The molecule has 3 rings (SSSR count). The van der Waals surface area contributed by atoms with Gasteiger partial charge in [-0.2, -0.15) is 0 Å². The summed E-state index contributed by atoms with van der Waals surface area (Å²) in [4.78, 5) is 13.6. The Bertz CT molecular complexity index is 813. The molecule has 0 bridgehead atoms. The first-order valence-corrected chi connectivity index (χ1v) is 7.94. The Morgan fingerprint density at radius 2 is 2.04 bits per heavy atom. The highest BCUT2D eigenvalue weighted by atomic mass is 16.5. The molecule has 0 fully saturated rings. The molecule has 0 unspecified atom stereocenters. The van der Waals surface area contributed by atoms with Gasteiger partial charge in [-0.1, -0.05) is 12.1 Å². The van der Waals surface area contributed by atoms with Crippen LogP contribution in [0, 0.1) is 13.8 Å². The van der Waals surface area contributed by atoms with E-state index >= 15 is 0 Å². The fourth-order valence-electron chi connectivity index (χ4n) is 2.75. The summed E-state index contributed by atoms with van der Waals surface area (Å²) in [6.45, 7) is 11.0. The predicted molar refractivity (Wildman–Crippen MR) is 89.5 cm³/mol. The van der Waals surface area contributed by atoms with E-state index in [0.29, 0.717) is 0 Å². The average Bonchev–Trinajstić information content (AvgIpc) is 3.05. The van der Waals surface area contributed by atoms with Crippen molar-refractivity contribution in [1.82, 2.24) is 24.7 Å². The van der Waals surface area contributed by atoms with Crippen LogP contribution in [-0.2, 0) is 0 Å². The molecule has 1 N–H and O–H groups in total. The van der Waals surface area contributed by atoms with E-state index in [1.165, 1.54) is 0 Å². The van der Waals surface area contributed by atoms with E-state index in [4.69, 9.17) is 9.51 Å². The molecule has 23 heavy (non-hydrogen) atoms. The maximum absolute atomic E-state index is 5.32. The molecular formula is C16H22N6O. The van der Waals surface area contributed by atoms with Crippen LogP contribution in [0.1, 0.15) is 44.7 Å². The second-order valence-electron chi connectivity index (χ2n) is 5.92. The normalized spacial score (nSPS) is 11.6. The monoisotopic (exact) mass is 314 g/mol. The topological polar surface area (TPSA) is 81.7 Å². The number of aromatic nitrogens is 5. The number of hydrogen-bond acceptors (Lipinski definition) is 6. The van der Waals surface area contributed by atoms with Gasteiger partial charge in [0.1, 0.15) is 17.9 Å². The van der Waals surface area contributed by atoms with E-state index < -0.39 is 0 Å². The smallest absolute Gasteiger partial charge is 0.166 e. The van der Waals surface area contributed by atoms with Gasteiger partial charge < -0.3 is 14.4 Å². The molecule has 7 heteroatoms. The van der Waals surface area contributed by atoms with Crippen molar-refractivity contribution in [2.75, 3.05) is 11.9 Å². The van der Waals surface area contributed by atoms with Crippen LogP contribution in [0.3, 0.4) is 0 Å². The van der Waals surface area contributed by atoms with Crippen molar-refractivity contribution in [3.8, 4) is 11.4 Å². The van der Waals surface area contributed by atoms with Gasteiger partial charge in [-0.05, 0) is 34.1 Å². The van der Waals surface area contributed by atoms with Gasteiger partial charge in [-0.25, -0.2) is 15.0 Å². The molecule has 0 aliphatic heterocycles. The maximum Gasteiger partial charge on any atom is 0.166 e. The van der Waals surface area contributed by atoms with E-state index in [9.17, 15) is 0 Å². The van der Waals surface area contributed by atoms with E-state index in [-0.39, 0.29) is 6.04 Å². The summed E-state index contributed by atoms with van der Waals surface area (Å²) < 4.78 is 7.43. The Balaban J connectivity index is 2.28. The van der Waals surface area contributed by atoms with Gasteiger partial charge in [-0.3, -0.25) is 0 Å². The third-order valence-electron chi connectivity index (χ3n) is 3.79. The fraction of sp³-hybridized carbons (Fsp3) is 0.500. The molecule has 3 heterocycles. The van der Waals surface area contributed by atoms with E-state index in [1.54, 1.807) is 6.33 Å².